The van der Waals surface area contributed by atoms with Crippen molar-refractivity contribution in [1.82, 2.24) is 9.78 Å². The molecule has 0 spiro atoms. The zero-order valence-corrected chi connectivity index (χ0v) is 10.9. The average Bonchev–Trinajstić information content (AvgIpc) is 2.79. The van der Waals surface area contributed by atoms with E-state index in [1.165, 1.54) is 6.07 Å². The molecule has 0 unspecified atom stereocenters. The minimum Gasteiger partial charge on any atom is -0.392 e. The van der Waals surface area contributed by atoms with Crippen molar-refractivity contribution < 1.29 is 10.0 Å². The number of aliphatic hydroxyl groups is 1. The molecule has 1 aromatic heterocycles. The molecule has 1 heterocycles. The molecule has 18 heavy (non-hydrogen) atoms. The third-order valence-electron chi connectivity index (χ3n) is 2.46. The van der Waals surface area contributed by atoms with Crippen LogP contribution in [0.4, 0.5) is 5.69 Å². The van der Waals surface area contributed by atoms with Crippen molar-refractivity contribution in [2.75, 3.05) is 0 Å². The lowest BCUT2D eigenvalue weighted by Gasteiger charge is -2.05. The second kappa shape index (κ2) is 5.28. The van der Waals surface area contributed by atoms with E-state index in [9.17, 15) is 10.1 Å². The zero-order valence-electron chi connectivity index (χ0n) is 9.28. The molecular weight excluding hydrogens is 302 g/mol. The smallest absolute Gasteiger partial charge is 0.283 e. The third-order valence-corrected chi connectivity index (χ3v) is 3.37. The standard InChI is InChI=1S/C11H10BrN3O3/c12-11-9(2-1-3-10(11)15(17)18)6-14-5-8(7-16)4-13-14/h1-5,16H,6-7H2. The highest BCUT2D eigenvalue weighted by Crippen LogP contribution is 2.28. The summed E-state index contributed by atoms with van der Waals surface area (Å²) in [7, 11) is 0. The Labute approximate surface area is 111 Å². The average molecular weight is 312 g/mol. The molecule has 0 amide bonds. The Kier molecular flexibility index (Phi) is 3.73. The van der Waals surface area contributed by atoms with Crippen LogP contribution in [-0.2, 0) is 13.2 Å². The summed E-state index contributed by atoms with van der Waals surface area (Å²) in [5.74, 6) is 0. The van der Waals surface area contributed by atoms with Crippen LogP contribution in [0.25, 0.3) is 0 Å². The van der Waals surface area contributed by atoms with Crippen LogP contribution in [0.1, 0.15) is 11.1 Å². The van der Waals surface area contributed by atoms with E-state index in [0.717, 1.165) is 5.56 Å². The number of aliphatic hydroxyl groups excluding tert-OH is 1. The molecule has 2 rings (SSSR count). The molecular formula is C11H10BrN3O3. The van der Waals surface area contributed by atoms with E-state index in [0.29, 0.717) is 16.6 Å². The minimum atomic E-state index is -0.435. The predicted molar refractivity (Wildman–Crippen MR) is 68.0 cm³/mol. The van der Waals surface area contributed by atoms with Gasteiger partial charge in [0.05, 0.1) is 24.3 Å². The molecule has 1 N–H and O–H groups in total. The Bertz CT molecular complexity index is 583. The van der Waals surface area contributed by atoms with Crippen LogP contribution < -0.4 is 0 Å². The molecule has 0 aliphatic carbocycles. The number of benzene rings is 1. The number of aromatic nitrogens is 2. The van der Waals surface area contributed by atoms with Gasteiger partial charge in [-0.2, -0.15) is 5.10 Å². The van der Waals surface area contributed by atoms with Crippen molar-refractivity contribution in [2.45, 2.75) is 13.2 Å². The van der Waals surface area contributed by atoms with E-state index in [1.54, 1.807) is 29.2 Å². The molecule has 0 saturated heterocycles. The molecule has 1 aromatic carbocycles. The SMILES string of the molecule is O=[N+]([O-])c1cccc(Cn2cc(CO)cn2)c1Br. The summed E-state index contributed by atoms with van der Waals surface area (Å²) in [5, 5.41) is 23.8. The van der Waals surface area contributed by atoms with Crippen LogP contribution in [0, 0.1) is 10.1 Å². The predicted octanol–water partition coefficient (Wildman–Crippen LogP) is 2.09. The van der Waals surface area contributed by atoms with Gasteiger partial charge in [-0.1, -0.05) is 12.1 Å². The molecule has 2 aromatic rings. The highest BCUT2D eigenvalue weighted by Gasteiger charge is 2.15. The summed E-state index contributed by atoms with van der Waals surface area (Å²) < 4.78 is 2.08. The summed E-state index contributed by atoms with van der Waals surface area (Å²) in [6, 6.07) is 4.86. The first-order valence-electron chi connectivity index (χ1n) is 5.16. The van der Waals surface area contributed by atoms with Gasteiger partial charge in [-0.05, 0) is 21.5 Å². The Hall–Kier alpha value is -1.73. The number of nitro benzene ring substituents is 1. The first-order chi connectivity index (χ1) is 8.61. The summed E-state index contributed by atoms with van der Waals surface area (Å²) >= 11 is 3.23. The lowest BCUT2D eigenvalue weighted by atomic mass is 10.2. The van der Waals surface area contributed by atoms with Gasteiger partial charge in [0, 0.05) is 17.8 Å². The summed E-state index contributed by atoms with van der Waals surface area (Å²) in [6.45, 7) is 0.332. The molecule has 6 nitrogen and oxygen atoms in total. The van der Waals surface area contributed by atoms with Crippen LogP contribution in [0.2, 0.25) is 0 Å². The fourth-order valence-electron chi connectivity index (χ4n) is 1.58. The Morgan fingerprint density at radius 3 is 2.89 bits per heavy atom. The van der Waals surface area contributed by atoms with Gasteiger partial charge in [0.2, 0.25) is 0 Å². The fraction of sp³-hybridized carbons (Fsp3) is 0.182. The van der Waals surface area contributed by atoms with Gasteiger partial charge in [-0.25, -0.2) is 0 Å². The highest BCUT2D eigenvalue weighted by atomic mass is 79.9. The summed E-state index contributed by atoms with van der Waals surface area (Å²) in [5.41, 5.74) is 1.50. The topological polar surface area (TPSA) is 81.2 Å². The van der Waals surface area contributed by atoms with Gasteiger partial charge in [0.25, 0.3) is 5.69 Å². The van der Waals surface area contributed by atoms with Crippen molar-refractivity contribution in [1.29, 1.82) is 0 Å². The number of nitro groups is 1. The van der Waals surface area contributed by atoms with Gasteiger partial charge in [-0.15, -0.1) is 0 Å². The van der Waals surface area contributed by atoms with Gasteiger partial charge in [-0.3, -0.25) is 14.8 Å². The maximum Gasteiger partial charge on any atom is 0.283 e. The molecule has 0 radical (unpaired) electrons. The second-order valence-corrected chi connectivity index (χ2v) is 4.50. The number of halogens is 1. The van der Waals surface area contributed by atoms with Crippen LogP contribution >= 0.6 is 15.9 Å². The minimum absolute atomic E-state index is 0.0297. The Morgan fingerprint density at radius 2 is 2.28 bits per heavy atom. The molecule has 0 atom stereocenters. The van der Waals surface area contributed by atoms with E-state index in [2.05, 4.69) is 21.0 Å². The fourth-order valence-corrected chi connectivity index (χ4v) is 2.11. The maximum atomic E-state index is 10.8. The molecule has 0 saturated carbocycles. The summed E-state index contributed by atoms with van der Waals surface area (Å²) in [6.07, 6.45) is 3.26. The van der Waals surface area contributed by atoms with E-state index >= 15 is 0 Å². The lowest BCUT2D eigenvalue weighted by Crippen LogP contribution is -2.02. The molecule has 0 aliphatic heterocycles. The van der Waals surface area contributed by atoms with Gasteiger partial charge in [0.1, 0.15) is 4.47 Å². The number of hydrogen-bond donors (Lipinski definition) is 1. The second-order valence-electron chi connectivity index (χ2n) is 3.71. The normalized spacial score (nSPS) is 10.6. The van der Waals surface area contributed by atoms with Crippen LogP contribution in [0.5, 0.6) is 0 Å². The first-order valence-corrected chi connectivity index (χ1v) is 5.95. The lowest BCUT2D eigenvalue weighted by molar-refractivity contribution is -0.385. The third kappa shape index (κ3) is 2.57. The summed E-state index contributed by atoms with van der Waals surface area (Å²) in [4.78, 5) is 10.4. The molecule has 0 fully saturated rings. The van der Waals surface area contributed by atoms with E-state index in [-0.39, 0.29) is 12.3 Å². The van der Waals surface area contributed by atoms with Crippen molar-refractivity contribution >= 4 is 21.6 Å². The van der Waals surface area contributed by atoms with E-state index in [1.807, 2.05) is 0 Å². The van der Waals surface area contributed by atoms with Crippen molar-refractivity contribution in [3.63, 3.8) is 0 Å². The maximum absolute atomic E-state index is 10.8. The number of hydrogen-bond acceptors (Lipinski definition) is 4. The monoisotopic (exact) mass is 311 g/mol. The van der Waals surface area contributed by atoms with Gasteiger partial charge < -0.3 is 5.11 Å². The quantitative estimate of drug-likeness (QED) is 0.692. The Balaban J connectivity index is 2.29. The van der Waals surface area contributed by atoms with Crippen molar-refractivity contribution in [3.8, 4) is 0 Å². The number of rotatable bonds is 4. The van der Waals surface area contributed by atoms with E-state index in [4.69, 9.17) is 5.11 Å². The van der Waals surface area contributed by atoms with Crippen LogP contribution in [0.15, 0.2) is 35.1 Å². The Morgan fingerprint density at radius 1 is 1.50 bits per heavy atom. The van der Waals surface area contributed by atoms with E-state index < -0.39 is 4.92 Å². The van der Waals surface area contributed by atoms with Crippen molar-refractivity contribution in [3.05, 3.63) is 56.3 Å². The van der Waals surface area contributed by atoms with Crippen molar-refractivity contribution in [2.24, 2.45) is 0 Å². The van der Waals surface area contributed by atoms with Gasteiger partial charge in [0.15, 0.2) is 0 Å². The van der Waals surface area contributed by atoms with Crippen LogP contribution in [0.3, 0.4) is 0 Å². The molecule has 0 aliphatic rings. The first kappa shape index (κ1) is 12.7. The molecule has 94 valence electrons. The largest absolute Gasteiger partial charge is 0.392 e. The highest BCUT2D eigenvalue weighted by molar-refractivity contribution is 9.10. The zero-order chi connectivity index (χ0) is 13.1. The molecule has 7 heteroatoms. The van der Waals surface area contributed by atoms with Crippen LogP contribution in [-0.4, -0.2) is 19.8 Å². The number of nitrogens with zero attached hydrogens (tertiary/aromatic N) is 3. The van der Waals surface area contributed by atoms with Gasteiger partial charge >= 0.3 is 0 Å². The molecule has 0 bridgehead atoms.